The number of rotatable bonds is 7. The van der Waals surface area contributed by atoms with Gasteiger partial charge in [-0.15, -0.1) is 0 Å². The van der Waals surface area contributed by atoms with Crippen LogP contribution in [0.2, 0.25) is 5.02 Å². The molecule has 1 aromatic carbocycles. The van der Waals surface area contributed by atoms with Crippen molar-refractivity contribution in [1.29, 1.82) is 0 Å². The van der Waals surface area contributed by atoms with Crippen molar-refractivity contribution in [2.24, 2.45) is 0 Å². The minimum absolute atomic E-state index is 0.000167. The summed E-state index contributed by atoms with van der Waals surface area (Å²) < 4.78 is 0. The molecule has 0 aliphatic carbocycles. The number of hydrogen-bond acceptors (Lipinski definition) is 2. The van der Waals surface area contributed by atoms with E-state index in [0.29, 0.717) is 17.1 Å². The van der Waals surface area contributed by atoms with E-state index in [1.165, 1.54) is 0 Å². The Morgan fingerprint density at radius 2 is 1.71 bits per heavy atom. The third kappa shape index (κ3) is 3.91. The summed E-state index contributed by atoms with van der Waals surface area (Å²) in [5.74, 6) is -0.120. The van der Waals surface area contributed by atoms with Gasteiger partial charge in [-0.05, 0) is 44.7 Å². The summed E-state index contributed by atoms with van der Waals surface area (Å²) in [6.45, 7) is 10.9. The molecule has 0 aliphatic heterocycles. The average Bonchev–Trinajstić information content (AvgIpc) is 2.49. The van der Waals surface area contributed by atoms with Crippen LogP contribution in [0, 0.1) is 6.92 Å². The molecule has 118 valence electrons. The van der Waals surface area contributed by atoms with Crippen LogP contribution in [0.15, 0.2) is 12.1 Å². The van der Waals surface area contributed by atoms with E-state index in [1.807, 2.05) is 26.0 Å². The van der Waals surface area contributed by atoms with Gasteiger partial charge in [-0.3, -0.25) is 4.79 Å². The minimum atomic E-state index is -0.120. The van der Waals surface area contributed by atoms with Crippen LogP contribution >= 0.6 is 11.6 Å². The summed E-state index contributed by atoms with van der Waals surface area (Å²) in [5, 5.41) is 6.95. The second-order valence-electron chi connectivity index (χ2n) is 5.44. The van der Waals surface area contributed by atoms with Crippen LogP contribution in [0.5, 0.6) is 0 Å². The van der Waals surface area contributed by atoms with Gasteiger partial charge in [0.15, 0.2) is 0 Å². The Kier molecular flexibility index (Phi) is 6.53. The number of anilines is 1. The van der Waals surface area contributed by atoms with E-state index in [1.54, 1.807) is 0 Å². The minimum Gasteiger partial charge on any atom is -0.379 e. The summed E-state index contributed by atoms with van der Waals surface area (Å²) in [6.07, 6.45) is 3.00. The molecule has 0 fully saturated rings. The molecule has 3 nitrogen and oxygen atoms in total. The van der Waals surface area contributed by atoms with Crippen LogP contribution in [0.25, 0.3) is 0 Å². The molecule has 0 aliphatic rings. The van der Waals surface area contributed by atoms with Crippen LogP contribution in [0.1, 0.15) is 62.9 Å². The molecule has 1 aromatic rings. The summed E-state index contributed by atoms with van der Waals surface area (Å²) in [4.78, 5) is 12.4. The molecular formula is C17H27ClN2O. The van der Waals surface area contributed by atoms with Gasteiger partial charge < -0.3 is 10.6 Å². The maximum atomic E-state index is 12.4. The maximum Gasteiger partial charge on any atom is 0.254 e. The number of benzene rings is 1. The van der Waals surface area contributed by atoms with Gasteiger partial charge in [-0.25, -0.2) is 0 Å². The number of aryl methyl sites for hydroxylation is 1. The predicted octanol–water partition coefficient (Wildman–Crippen LogP) is 4.78. The lowest BCUT2D eigenvalue weighted by Gasteiger charge is -2.34. The first kappa shape index (κ1) is 17.8. The van der Waals surface area contributed by atoms with Crippen LogP contribution < -0.4 is 10.6 Å². The third-order valence-electron chi connectivity index (χ3n) is 4.33. The van der Waals surface area contributed by atoms with Crippen molar-refractivity contribution < 1.29 is 4.79 Å². The van der Waals surface area contributed by atoms with E-state index in [9.17, 15) is 4.79 Å². The number of carbonyl (C=O) groups excluding carboxylic acids is 1. The van der Waals surface area contributed by atoms with Crippen molar-refractivity contribution in [2.45, 2.75) is 59.4 Å². The normalized spacial score (nSPS) is 11.3. The first-order valence-electron chi connectivity index (χ1n) is 7.80. The van der Waals surface area contributed by atoms with Crippen LogP contribution in [-0.2, 0) is 0 Å². The van der Waals surface area contributed by atoms with Crippen molar-refractivity contribution in [3.8, 4) is 0 Å². The second kappa shape index (κ2) is 7.69. The molecule has 4 heteroatoms. The molecule has 0 spiro atoms. The summed E-state index contributed by atoms with van der Waals surface area (Å²) >= 11 is 6.39. The van der Waals surface area contributed by atoms with Gasteiger partial charge in [0.2, 0.25) is 0 Å². The standard InChI is InChI=1S/C17H27ClN2O/c1-6-17(7-2,8-3)20-13-11-10-12(5)15(18)14(13)16(21)19-9-4/h10-11,20H,6-9H2,1-5H3,(H,19,21). The molecule has 0 bridgehead atoms. The Hall–Kier alpha value is -1.22. The lowest BCUT2D eigenvalue weighted by molar-refractivity contribution is 0.0956. The van der Waals surface area contributed by atoms with Gasteiger partial charge in [0.1, 0.15) is 0 Å². The zero-order valence-electron chi connectivity index (χ0n) is 13.8. The SMILES string of the molecule is CCNC(=O)c1c(NC(CC)(CC)CC)ccc(C)c1Cl. The molecule has 1 rings (SSSR count). The number of amides is 1. The topological polar surface area (TPSA) is 41.1 Å². The number of carbonyl (C=O) groups is 1. The van der Waals surface area contributed by atoms with Gasteiger partial charge in [0, 0.05) is 17.8 Å². The molecule has 21 heavy (non-hydrogen) atoms. The van der Waals surface area contributed by atoms with Gasteiger partial charge in [-0.1, -0.05) is 38.4 Å². The Bertz CT molecular complexity index is 488. The molecule has 2 N–H and O–H groups in total. The molecule has 0 heterocycles. The fourth-order valence-corrected chi connectivity index (χ4v) is 2.81. The van der Waals surface area contributed by atoms with Gasteiger partial charge in [0.05, 0.1) is 10.6 Å². The first-order valence-corrected chi connectivity index (χ1v) is 8.17. The highest BCUT2D eigenvalue weighted by atomic mass is 35.5. The summed E-state index contributed by atoms with van der Waals surface area (Å²) in [6, 6.07) is 3.92. The van der Waals surface area contributed by atoms with Crippen molar-refractivity contribution >= 4 is 23.2 Å². The summed E-state index contributed by atoms with van der Waals surface area (Å²) in [7, 11) is 0. The first-order chi connectivity index (χ1) is 9.94. The Morgan fingerprint density at radius 1 is 1.14 bits per heavy atom. The lowest BCUT2D eigenvalue weighted by Crippen LogP contribution is -2.37. The summed E-state index contributed by atoms with van der Waals surface area (Å²) in [5.41, 5.74) is 2.29. The molecule has 0 atom stereocenters. The fraction of sp³-hybridized carbons (Fsp3) is 0.588. The quantitative estimate of drug-likeness (QED) is 0.761. The average molecular weight is 311 g/mol. The van der Waals surface area contributed by atoms with Crippen molar-refractivity contribution in [2.75, 3.05) is 11.9 Å². The Labute approximate surface area is 133 Å². The number of halogens is 1. The highest BCUT2D eigenvalue weighted by Crippen LogP contribution is 2.32. The molecular weight excluding hydrogens is 284 g/mol. The number of nitrogens with one attached hydrogen (secondary N) is 2. The fourth-order valence-electron chi connectivity index (χ4n) is 2.56. The van der Waals surface area contributed by atoms with E-state index >= 15 is 0 Å². The molecule has 0 saturated carbocycles. The molecule has 0 radical (unpaired) electrons. The Balaban J connectivity index is 3.29. The Morgan fingerprint density at radius 3 is 2.19 bits per heavy atom. The van der Waals surface area contributed by atoms with Gasteiger partial charge in [-0.2, -0.15) is 0 Å². The van der Waals surface area contributed by atoms with Crippen molar-refractivity contribution in [1.82, 2.24) is 5.32 Å². The second-order valence-corrected chi connectivity index (χ2v) is 5.82. The molecule has 0 unspecified atom stereocenters. The van der Waals surface area contributed by atoms with E-state index < -0.39 is 0 Å². The van der Waals surface area contributed by atoms with Gasteiger partial charge >= 0.3 is 0 Å². The predicted molar refractivity (Wildman–Crippen MR) is 91.4 cm³/mol. The largest absolute Gasteiger partial charge is 0.379 e. The van der Waals surface area contributed by atoms with Crippen molar-refractivity contribution in [3.63, 3.8) is 0 Å². The third-order valence-corrected chi connectivity index (χ3v) is 4.82. The monoisotopic (exact) mass is 310 g/mol. The van der Waals surface area contributed by atoms with Crippen LogP contribution in [-0.4, -0.2) is 18.0 Å². The van der Waals surface area contributed by atoms with Gasteiger partial charge in [0.25, 0.3) is 5.91 Å². The van der Waals surface area contributed by atoms with E-state index in [2.05, 4.69) is 31.4 Å². The van der Waals surface area contributed by atoms with E-state index in [-0.39, 0.29) is 11.4 Å². The highest BCUT2D eigenvalue weighted by Gasteiger charge is 2.26. The van der Waals surface area contributed by atoms with Crippen LogP contribution in [0.4, 0.5) is 5.69 Å². The van der Waals surface area contributed by atoms with E-state index in [4.69, 9.17) is 11.6 Å². The molecule has 0 aromatic heterocycles. The molecule has 1 amide bonds. The molecule has 0 saturated heterocycles. The zero-order chi connectivity index (χ0) is 16.0. The lowest BCUT2D eigenvalue weighted by atomic mass is 9.89. The van der Waals surface area contributed by atoms with Crippen LogP contribution in [0.3, 0.4) is 0 Å². The van der Waals surface area contributed by atoms with E-state index in [0.717, 1.165) is 30.5 Å². The smallest absolute Gasteiger partial charge is 0.254 e. The zero-order valence-corrected chi connectivity index (χ0v) is 14.5. The van der Waals surface area contributed by atoms with Crippen molar-refractivity contribution in [3.05, 3.63) is 28.3 Å². The number of hydrogen-bond donors (Lipinski definition) is 2. The maximum absolute atomic E-state index is 12.4. The highest BCUT2D eigenvalue weighted by molar-refractivity contribution is 6.35.